The van der Waals surface area contributed by atoms with Gasteiger partial charge in [0.15, 0.2) is 5.75 Å². The summed E-state index contributed by atoms with van der Waals surface area (Å²) in [5, 5.41) is 0. The molecule has 0 atom stereocenters. The molecule has 0 N–H and O–H groups in total. The zero-order valence-electron chi connectivity index (χ0n) is 9.44. The lowest BCUT2D eigenvalue weighted by molar-refractivity contribution is 0.245. The number of hydrogen-bond donors (Lipinski definition) is 0. The van der Waals surface area contributed by atoms with Gasteiger partial charge in [0.05, 0.1) is 6.61 Å². The Kier molecular flexibility index (Phi) is 4.68. The van der Waals surface area contributed by atoms with Crippen molar-refractivity contribution in [2.45, 2.75) is 6.42 Å². The van der Waals surface area contributed by atoms with E-state index in [-0.39, 0.29) is 6.61 Å². The Labute approximate surface area is 96.0 Å². The van der Waals surface area contributed by atoms with Gasteiger partial charge in [-0.15, -0.1) is 0 Å². The molecule has 17 heavy (non-hydrogen) atoms. The zero-order valence-corrected chi connectivity index (χ0v) is 9.44. The van der Waals surface area contributed by atoms with Crippen molar-refractivity contribution in [1.29, 1.82) is 0 Å². The molecule has 1 heterocycles. The molecular weight excluding hydrogens is 240 g/mol. The minimum atomic E-state index is -1.72. The van der Waals surface area contributed by atoms with Crippen LogP contribution in [0.15, 0.2) is 0 Å². The van der Waals surface area contributed by atoms with Gasteiger partial charge in [-0.3, -0.25) is 0 Å². The average molecular weight is 252 g/mol. The Morgan fingerprint density at radius 3 is 2.06 bits per heavy atom. The van der Waals surface area contributed by atoms with Gasteiger partial charge in [-0.1, -0.05) is 0 Å². The summed E-state index contributed by atoms with van der Waals surface area (Å²) in [6.45, 7) is 0.578. The Morgan fingerprint density at radius 2 is 1.59 bits per heavy atom. The normalized spacial score (nSPS) is 11.0. The van der Waals surface area contributed by atoms with Crippen LogP contribution in [0.2, 0.25) is 0 Å². The van der Waals surface area contributed by atoms with Gasteiger partial charge in [0.2, 0.25) is 11.6 Å². The van der Waals surface area contributed by atoms with Crippen molar-refractivity contribution in [3.05, 3.63) is 23.5 Å². The van der Waals surface area contributed by atoms with Crippen molar-refractivity contribution in [1.82, 2.24) is 9.88 Å². The lowest BCUT2D eigenvalue weighted by Crippen LogP contribution is -2.16. The fraction of sp³-hybridized carbons (Fsp3) is 0.500. The molecule has 0 aliphatic carbocycles. The van der Waals surface area contributed by atoms with Crippen LogP contribution in [0.1, 0.15) is 6.42 Å². The molecule has 96 valence electrons. The highest BCUT2D eigenvalue weighted by atomic mass is 19.2. The van der Waals surface area contributed by atoms with E-state index in [1.165, 1.54) is 0 Å². The summed E-state index contributed by atoms with van der Waals surface area (Å²) in [6, 6.07) is 0. The number of rotatable bonds is 5. The second-order valence-corrected chi connectivity index (χ2v) is 3.66. The van der Waals surface area contributed by atoms with E-state index < -0.39 is 29.3 Å². The van der Waals surface area contributed by atoms with Gasteiger partial charge >= 0.3 is 0 Å². The first-order valence-corrected chi connectivity index (χ1v) is 4.91. The molecule has 1 aromatic rings. The van der Waals surface area contributed by atoms with E-state index in [2.05, 4.69) is 9.72 Å². The van der Waals surface area contributed by atoms with Gasteiger partial charge in [0.1, 0.15) is 0 Å². The number of aromatic nitrogens is 1. The Bertz CT molecular complexity index is 372. The van der Waals surface area contributed by atoms with Crippen LogP contribution >= 0.6 is 0 Å². The van der Waals surface area contributed by atoms with Crippen molar-refractivity contribution in [3.8, 4) is 5.75 Å². The molecule has 0 aromatic carbocycles. The summed E-state index contributed by atoms with van der Waals surface area (Å²) >= 11 is 0. The molecule has 0 bridgehead atoms. The first kappa shape index (κ1) is 13.7. The average Bonchev–Trinajstić information content (AvgIpc) is 2.25. The maximum Gasteiger partial charge on any atom is 0.255 e. The molecule has 7 heteroatoms. The molecule has 3 nitrogen and oxygen atoms in total. The molecule has 0 aliphatic heterocycles. The maximum absolute atomic E-state index is 13.0. The predicted molar refractivity (Wildman–Crippen MR) is 52.7 cm³/mol. The lowest BCUT2D eigenvalue weighted by atomic mass is 10.4. The predicted octanol–water partition coefficient (Wildman–Crippen LogP) is 1.97. The van der Waals surface area contributed by atoms with E-state index in [0.29, 0.717) is 13.0 Å². The van der Waals surface area contributed by atoms with Crippen molar-refractivity contribution in [2.24, 2.45) is 0 Å². The van der Waals surface area contributed by atoms with Gasteiger partial charge in [-0.05, 0) is 20.5 Å². The molecule has 0 radical (unpaired) electrons. The maximum atomic E-state index is 13.0. The highest BCUT2D eigenvalue weighted by Crippen LogP contribution is 2.24. The summed E-state index contributed by atoms with van der Waals surface area (Å²) in [5.74, 6) is -7.73. The summed E-state index contributed by atoms with van der Waals surface area (Å²) in [6.07, 6.45) is 0.470. The van der Waals surface area contributed by atoms with Crippen LogP contribution in [-0.2, 0) is 0 Å². The van der Waals surface area contributed by atoms with E-state index in [1.54, 1.807) is 0 Å². The smallest absolute Gasteiger partial charge is 0.255 e. The van der Waals surface area contributed by atoms with Crippen LogP contribution in [0, 0.1) is 23.5 Å². The van der Waals surface area contributed by atoms with E-state index in [9.17, 15) is 17.6 Å². The van der Waals surface area contributed by atoms with Crippen LogP contribution in [0.25, 0.3) is 0 Å². The van der Waals surface area contributed by atoms with Gasteiger partial charge in [-0.25, -0.2) is 0 Å². The number of hydrogen-bond acceptors (Lipinski definition) is 3. The van der Waals surface area contributed by atoms with Crippen LogP contribution in [-0.4, -0.2) is 37.1 Å². The Morgan fingerprint density at radius 1 is 1.06 bits per heavy atom. The fourth-order valence-electron chi connectivity index (χ4n) is 1.15. The standard InChI is InChI=1S/C10H12F4N2O/c1-16(2)4-3-5-17-8-6(11)9(13)15-10(14)7(8)12/h3-5H2,1-2H3. The van der Waals surface area contributed by atoms with E-state index in [4.69, 9.17) is 0 Å². The zero-order chi connectivity index (χ0) is 13.0. The summed E-state index contributed by atoms with van der Waals surface area (Å²) in [7, 11) is 3.62. The van der Waals surface area contributed by atoms with Crippen molar-refractivity contribution in [2.75, 3.05) is 27.2 Å². The monoisotopic (exact) mass is 252 g/mol. The molecular formula is C10H12F4N2O. The third kappa shape index (κ3) is 3.55. The molecule has 0 unspecified atom stereocenters. The fourth-order valence-corrected chi connectivity index (χ4v) is 1.15. The Hall–Kier alpha value is -1.37. The Balaban J connectivity index is 2.70. The highest BCUT2D eigenvalue weighted by Gasteiger charge is 2.21. The van der Waals surface area contributed by atoms with Gasteiger partial charge in [-0.2, -0.15) is 22.5 Å². The molecule has 0 aliphatic rings. The number of ether oxygens (including phenoxy) is 1. The van der Waals surface area contributed by atoms with Crippen LogP contribution < -0.4 is 4.74 Å². The number of nitrogens with zero attached hydrogens (tertiary/aromatic N) is 2. The summed E-state index contributed by atoms with van der Waals surface area (Å²) < 4.78 is 56.1. The van der Waals surface area contributed by atoms with Crippen LogP contribution in [0.4, 0.5) is 17.6 Å². The third-order valence-electron chi connectivity index (χ3n) is 1.95. The van der Waals surface area contributed by atoms with Crippen LogP contribution in [0.5, 0.6) is 5.75 Å². The SMILES string of the molecule is CN(C)CCCOc1c(F)c(F)nc(F)c1F. The quantitative estimate of drug-likeness (QED) is 0.455. The van der Waals surface area contributed by atoms with Crippen molar-refractivity contribution in [3.63, 3.8) is 0 Å². The lowest BCUT2D eigenvalue weighted by Gasteiger charge is -2.11. The van der Waals surface area contributed by atoms with E-state index >= 15 is 0 Å². The number of pyridine rings is 1. The summed E-state index contributed by atoms with van der Waals surface area (Å²) in [4.78, 5) is 4.26. The third-order valence-corrected chi connectivity index (χ3v) is 1.95. The molecule has 0 fully saturated rings. The topological polar surface area (TPSA) is 25.4 Å². The van der Waals surface area contributed by atoms with Crippen molar-refractivity contribution < 1.29 is 22.3 Å². The molecule has 0 amide bonds. The largest absolute Gasteiger partial charge is 0.487 e. The minimum absolute atomic E-state index is 0.0467. The van der Waals surface area contributed by atoms with Gasteiger partial charge in [0.25, 0.3) is 11.9 Å². The highest BCUT2D eigenvalue weighted by molar-refractivity contribution is 5.24. The van der Waals surface area contributed by atoms with E-state index in [0.717, 1.165) is 0 Å². The second kappa shape index (κ2) is 5.81. The van der Waals surface area contributed by atoms with Gasteiger partial charge < -0.3 is 9.64 Å². The summed E-state index contributed by atoms with van der Waals surface area (Å²) in [5.41, 5.74) is 0. The second-order valence-electron chi connectivity index (χ2n) is 3.66. The molecule has 0 saturated carbocycles. The first-order valence-electron chi connectivity index (χ1n) is 4.91. The molecule has 1 aromatic heterocycles. The number of halogens is 4. The molecule has 1 rings (SSSR count). The minimum Gasteiger partial charge on any atom is -0.487 e. The molecule has 0 saturated heterocycles. The van der Waals surface area contributed by atoms with E-state index in [1.807, 2.05) is 19.0 Å². The first-order chi connectivity index (χ1) is 7.93. The van der Waals surface area contributed by atoms with Crippen molar-refractivity contribution >= 4 is 0 Å². The van der Waals surface area contributed by atoms with Crippen LogP contribution in [0.3, 0.4) is 0 Å². The molecule has 0 spiro atoms. The van der Waals surface area contributed by atoms with Gasteiger partial charge in [0, 0.05) is 6.54 Å².